The molecule has 19 valence electrons. The Labute approximate surface area is 82.2 Å². The monoisotopic (exact) mass is 267 g/mol. The fraction of sp³-hybridized carbons (Fsp3) is 0. The van der Waals surface area contributed by atoms with Gasteiger partial charge in [-0.15, -0.1) is 0 Å². The standard InChI is InChI=1S/Mg.Mn.Sn.Zn.4H. The molecular weight excluding hydrogens is 263 g/mol. The molecule has 0 saturated heterocycles. The van der Waals surface area contributed by atoms with Crippen LogP contribution in [0.3, 0.4) is 0 Å². The predicted molar refractivity (Wildman–Crippen MR) is 17.1 cm³/mol. The van der Waals surface area contributed by atoms with Crippen LogP contribution in [0.15, 0.2) is 0 Å². The van der Waals surface area contributed by atoms with E-state index in [0.29, 0.717) is 0 Å². The van der Waals surface area contributed by atoms with E-state index < -0.39 is 0 Å². The zero-order valence-electron chi connectivity index (χ0n) is 1.79. The van der Waals surface area contributed by atoms with Crippen molar-refractivity contribution in [3.8, 4) is 0 Å². The molecule has 0 saturated carbocycles. The van der Waals surface area contributed by atoms with Gasteiger partial charge < -0.3 is 0 Å². The molecule has 0 heterocycles. The molecular formula is H4MgMnSnZn. The zero-order valence-corrected chi connectivity index (χ0v) is 9.98. The summed E-state index contributed by atoms with van der Waals surface area (Å²) in [7, 11) is 0. The maximum atomic E-state index is 0. The molecule has 0 nitrogen and oxygen atoms in total. The second-order valence-corrected chi connectivity index (χ2v) is 0. The minimum atomic E-state index is 0. The van der Waals surface area contributed by atoms with Crippen LogP contribution in [0.5, 0.6) is 0 Å². The Bertz CT molecular complexity index is 8.00. The van der Waals surface area contributed by atoms with Crippen LogP contribution in [-0.2, 0) is 36.5 Å². The summed E-state index contributed by atoms with van der Waals surface area (Å²) in [6, 6.07) is 0. The van der Waals surface area contributed by atoms with Gasteiger partial charge in [0.25, 0.3) is 0 Å². The van der Waals surface area contributed by atoms with Gasteiger partial charge in [-0.2, -0.15) is 0 Å². The fourth-order valence-corrected chi connectivity index (χ4v) is 0. The summed E-state index contributed by atoms with van der Waals surface area (Å²) in [5.74, 6) is 0. The van der Waals surface area contributed by atoms with E-state index in [1.165, 1.54) is 0 Å². The van der Waals surface area contributed by atoms with Gasteiger partial charge in [-0.3, -0.25) is 0 Å². The Morgan fingerprint density at radius 3 is 1.00 bits per heavy atom. The maximum Gasteiger partial charge on any atom is 0 e. The molecule has 4 heavy (non-hydrogen) atoms. The third kappa shape index (κ3) is 8.83. The van der Waals surface area contributed by atoms with Crippen LogP contribution in [-0.4, -0.2) is 47.0 Å². The van der Waals surface area contributed by atoms with Crippen LogP contribution in [0.4, 0.5) is 0 Å². The molecule has 4 heteroatoms. The second-order valence-electron chi connectivity index (χ2n) is 0. The van der Waals surface area contributed by atoms with E-state index in [1.54, 1.807) is 0 Å². The van der Waals surface area contributed by atoms with Gasteiger partial charge in [-0.05, 0) is 0 Å². The van der Waals surface area contributed by atoms with E-state index in [1.807, 2.05) is 0 Å². The third-order valence-corrected chi connectivity index (χ3v) is 0. The van der Waals surface area contributed by atoms with E-state index >= 15 is 0 Å². The molecule has 3 radical (unpaired) electrons. The Balaban J connectivity index is 0. The SMILES string of the molecule is [MgH2].[Mn].[SnH2].[Zn]. The smallest absolute Gasteiger partial charge is 0 e. The Kier molecular flexibility index (Phi) is 129. The molecule has 0 rings (SSSR count). The summed E-state index contributed by atoms with van der Waals surface area (Å²) in [6.07, 6.45) is 0. The molecule has 0 unspecified atom stereocenters. The summed E-state index contributed by atoms with van der Waals surface area (Å²) in [6.45, 7) is 0. The first-order valence-corrected chi connectivity index (χ1v) is 0. The van der Waals surface area contributed by atoms with E-state index in [-0.39, 0.29) is 83.5 Å². The van der Waals surface area contributed by atoms with Crippen molar-refractivity contribution in [3.63, 3.8) is 0 Å². The molecule has 0 aliphatic carbocycles. The van der Waals surface area contributed by atoms with Crippen molar-refractivity contribution in [3.05, 3.63) is 0 Å². The number of hydrogen-bond acceptors (Lipinski definition) is 0. The quantitative estimate of drug-likeness (QED) is 0.453. The molecule has 0 N–H and O–H groups in total. The first-order chi connectivity index (χ1) is 0. The van der Waals surface area contributed by atoms with Crippen LogP contribution >= 0.6 is 0 Å². The summed E-state index contributed by atoms with van der Waals surface area (Å²) < 4.78 is 0. The van der Waals surface area contributed by atoms with Crippen LogP contribution in [0, 0.1) is 0 Å². The molecule has 0 atom stereocenters. The predicted octanol–water partition coefficient (Wildman–Crippen LogP) is -1.84. The molecule has 0 aromatic rings. The molecule has 0 amide bonds. The topological polar surface area (TPSA) is 0 Å². The van der Waals surface area contributed by atoms with E-state index in [2.05, 4.69) is 0 Å². The Hall–Kier alpha value is 2.71. The van der Waals surface area contributed by atoms with Crippen LogP contribution in [0.25, 0.3) is 0 Å². The molecule has 0 fully saturated rings. The number of hydrogen-bond donors (Lipinski definition) is 0. The second kappa shape index (κ2) is 17.3. The molecule has 0 aliphatic heterocycles. The van der Waals surface area contributed by atoms with Gasteiger partial charge in [0.1, 0.15) is 0 Å². The third-order valence-electron chi connectivity index (χ3n) is 0. The van der Waals surface area contributed by atoms with Crippen molar-refractivity contribution in [1.29, 1.82) is 0 Å². The first kappa shape index (κ1) is 29.8. The van der Waals surface area contributed by atoms with E-state index in [0.717, 1.165) is 0 Å². The Morgan fingerprint density at radius 2 is 1.00 bits per heavy atom. The first-order valence-electron chi connectivity index (χ1n) is 0. The minimum absolute atomic E-state index is 0. The summed E-state index contributed by atoms with van der Waals surface area (Å²) in [5, 5.41) is 0. The number of rotatable bonds is 0. The van der Waals surface area contributed by atoms with E-state index in [4.69, 9.17) is 0 Å². The zero-order chi connectivity index (χ0) is 0. The van der Waals surface area contributed by atoms with Crippen molar-refractivity contribution in [1.82, 2.24) is 0 Å². The molecule has 0 aromatic heterocycles. The molecule has 0 aliphatic rings. The van der Waals surface area contributed by atoms with Gasteiger partial charge in [0, 0.05) is 36.5 Å². The summed E-state index contributed by atoms with van der Waals surface area (Å²) in [4.78, 5) is 0. The summed E-state index contributed by atoms with van der Waals surface area (Å²) >= 11 is 0. The maximum absolute atomic E-state index is 0. The van der Waals surface area contributed by atoms with Crippen molar-refractivity contribution in [2.24, 2.45) is 0 Å². The van der Waals surface area contributed by atoms with Gasteiger partial charge in [-0.1, -0.05) is 0 Å². The van der Waals surface area contributed by atoms with Crippen molar-refractivity contribution < 1.29 is 36.5 Å². The van der Waals surface area contributed by atoms with Gasteiger partial charge in [0.2, 0.25) is 0 Å². The van der Waals surface area contributed by atoms with Crippen LogP contribution in [0.2, 0.25) is 0 Å². The van der Waals surface area contributed by atoms with E-state index in [9.17, 15) is 0 Å². The van der Waals surface area contributed by atoms with Gasteiger partial charge in [0.05, 0.1) is 0 Å². The molecule has 0 spiro atoms. The average molecular weight is 267 g/mol. The van der Waals surface area contributed by atoms with Gasteiger partial charge in [-0.25, -0.2) is 0 Å². The van der Waals surface area contributed by atoms with Crippen molar-refractivity contribution >= 4 is 47.0 Å². The summed E-state index contributed by atoms with van der Waals surface area (Å²) in [5.41, 5.74) is 0. The largest absolute Gasteiger partial charge is 0 e. The van der Waals surface area contributed by atoms with Gasteiger partial charge >= 0.3 is 47.0 Å². The molecule has 0 aromatic carbocycles. The minimum Gasteiger partial charge on any atom is 0 e. The van der Waals surface area contributed by atoms with Crippen molar-refractivity contribution in [2.75, 3.05) is 0 Å². The Morgan fingerprint density at radius 1 is 1.00 bits per heavy atom. The van der Waals surface area contributed by atoms with Gasteiger partial charge in [0.15, 0.2) is 0 Å². The average Bonchev–Trinajstić information content (AvgIpc) is 0. The van der Waals surface area contributed by atoms with Crippen LogP contribution < -0.4 is 0 Å². The normalized spacial score (nSPS) is 0. The van der Waals surface area contributed by atoms with Crippen LogP contribution in [0.1, 0.15) is 0 Å². The fourth-order valence-electron chi connectivity index (χ4n) is 0. The molecule has 0 bridgehead atoms. The van der Waals surface area contributed by atoms with Crippen molar-refractivity contribution in [2.45, 2.75) is 0 Å².